The molecular weight excluding hydrogens is 317 g/mol. The molecule has 0 aliphatic heterocycles. The zero-order valence-corrected chi connectivity index (χ0v) is 12.6. The van der Waals surface area contributed by atoms with Crippen LogP contribution in [-0.4, -0.2) is 15.9 Å². The molecule has 1 amide bonds. The summed E-state index contributed by atoms with van der Waals surface area (Å²) in [6.45, 7) is 0. The van der Waals surface area contributed by atoms with Crippen LogP contribution in [0.1, 0.15) is 10.4 Å². The average molecular weight is 328 g/mol. The van der Waals surface area contributed by atoms with Gasteiger partial charge < -0.3 is 5.32 Å². The largest absolute Gasteiger partial charge is 0.319 e. The van der Waals surface area contributed by atoms with Gasteiger partial charge in [-0.25, -0.2) is 14.4 Å². The van der Waals surface area contributed by atoms with Crippen LogP contribution < -0.4 is 5.32 Å². The minimum atomic E-state index is -0.498. The number of carbonyl (C=O) groups is 1. The van der Waals surface area contributed by atoms with E-state index >= 15 is 0 Å². The van der Waals surface area contributed by atoms with Crippen molar-refractivity contribution in [3.63, 3.8) is 0 Å². The lowest BCUT2D eigenvalue weighted by Crippen LogP contribution is -2.13. The first-order valence-electron chi connectivity index (χ1n) is 6.77. The number of aromatic nitrogens is 2. The highest BCUT2D eigenvalue weighted by atomic mass is 35.5. The molecule has 4 nitrogen and oxygen atoms in total. The fourth-order valence-electron chi connectivity index (χ4n) is 2.00. The quantitative estimate of drug-likeness (QED) is 0.784. The van der Waals surface area contributed by atoms with Crippen molar-refractivity contribution < 1.29 is 9.18 Å². The average Bonchev–Trinajstić information content (AvgIpc) is 2.56. The third-order valence-corrected chi connectivity index (χ3v) is 3.43. The lowest BCUT2D eigenvalue weighted by atomic mass is 10.2. The normalized spacial score (nSPS) is 10.3. The van der Waals surface area contributed by atoms with Crippen molar-refractivity contribution in [2.45, 2.75) is 0 Å². The molecule has 114 valence electrons. The Morgan fingerprint density at radius 2 is 1.74 bits per heavy atom. The minimum absolute atomic E-state index is 0.0457. The van der Waals surface area contributed by atoms with Gasteiger partial charge in [0.05, 0.1) is 28.7 Å². The molecule has 0 bridgehead atoms. The Bertz CT molecular complexity index is 838. The zero-order valence-electron chi connectivity index (χ0n) is 11.8. The predicted molar refractivity (Wildman–Crippen MR) is 86.8 cm³/mol. The van der Waals surface area contributed by atoms with Crippen molar-refractivity contribution in [2.75, 3.05) is 5.32 Å². The van der Waals surface area contributed by atoms with E-state index in [0.717, 1.165) is 11.6 Å². The molecule has 2 aromatic carbocycles. The summed E-state index contributed by atoms with van der Waals surface area (Å²) in [7, 11) is 0. The van der Waals surface area contributed by atoms with Crippen molar-refractivity contribution in [2.24, 2.45) is 0 Å². The first kappa shape index (κ1) is 15.1. The molecule has 0 fully saturated rings. The maximum Gasteiger partial charge on any atom is 0.257 e. The molecule has 3 aromatic rings. The Kier molecular flexibility index (Phi) is 4.30. The summed E-state index contributed by atoms with van der Waals surface area (Å²) in [5.41, 5.74) is 1.49. The van der Waals surface area contributed by atoms with Crippen LogP contribution in [0.4, 0.5) is 10.1 Å². The van der Waals surface area contributed by atoms with Crippen LogP contribution in [0.25, 0.3) is 11.4 Å². The van der Waals surface area contributed by atoms with E-state index in [2.05, 4.69) is 15.3 Å². The van der Waals surface area contributed by atoms with Crippen molar-refractivity contribution in [1.29, 1.82) is 0 Å². The highest BCUT2D eigenvalue weighted by molar-refractivity contribution is 6.34. The monoisotopic (exact) mass is 327 g/mol. The van der Waals surface area contributed by atoms with Crippen LogP contribution >= 0.6 is 11.6 Å². The number of benzene rings is 2. The number of carbonyl (C=O) groups excluding carboxylic acids is 1. The summed E-state index contributed by atoms with van der Waals surface area (Å²) in [6.07, 6.45) is 3.01. The van der Waals surface area contributed by atoms with Gasteiger partial charge in [-0.05, 0) is 18.2 Å². The van der Waals surface area contributed by atoms with Gasteiger partial charge in [0.25, 0.3) is 5.91 Å². The maximum absolute atomic E-state index is 13.0. The zero-order chi connectivity index (χ0) is 16.2. The van der Waals surface area contributed by atoms with Gasteiger partial charge in [0.15, 0.2) is 5.82 Å². The molecule has 1 heterocycles. The second-order valence-corrected chi connectivity index (χ2v) is 5.15. The summed E-state index contributed by atoms with van der Waals surface area (Å²) in [5, 5.41) is 2.67. The summed E-state index contributed by atoms with van der Waals surface area (Å²) in [5.74, 6) is -0.392. The Morgan fingerprint density at radius 3 is 2.39 bits per heavy atom. The summed E-state index contributed by atoms with van der Waals surface area (Å²) in [4.78, 5) is 20.6. The van der Waals surface area contributed by atoms with Crippen LogP contribution in [0.3, 0.4) is 0 Å². The fraction of sp³-hybridized carbons (Fsp3) is 0. The lowest BCUT2D eigenvalue weighted by molar-refractivity contribution is 0.102. The number of nitrogens with one attached hydrogen (secondary N) is 1. The van der Waals surface area contributed by atoms with Gasteiger partial charge in [-0.1, -0.05) is 41.9 Å². The van der Waals surface area contributed by atoms with Crippen molar-refractivity contribution in [3.05, 3.63) is 77.3 Å². The molecule has 0 aliphatic carbocycles. The Hall–Kier alpha value is -2.79. The van der Waals surface area contributed by atoms with Crippen molar-refractivity contribution >= 4 is 23.2 Å². The second-order valence-electron chi connectivity index (χ2n) is 4.74. The maximum atomic E-state index is 13.0. The van der Waals surface area contributed by atoms with E-state index in [1.165, 1.54) is 24.5 Å². The van der Waals surface area contributed by atoms with Gasteiger partial charge in [-0.3, -0.25) is 4.79 Å². The SMILES string of the molecule is O=C(Nc1cnc(-c2ccccc2)nc1)c1ccc(F)cc1Cl. The molecule has 0 unspecified atom stereocenters. The van der Waals surface area contributed by atoms with Crippen LogP contribution in [0.15, 0.2) is 60.9 Å². The number of amides is 1. The Balaban J connectivity index is 1.77. The first-order chi connectivity index (χ1) is 11.1. The van der Waals surface area contributed by atoms with Crippen molar-refractivity contribution in [3.8, 4) is 11.4 Å². The topological polar surface area (TPSA) is 54.9 Å². The number of hydrogen-bond donors (Lipinski definition) is 1. The number of hydrogen-bond acceptors (Lipinski definition) is 3. The summed E-state index contributed by atoms with van der Waals surface area (Å²) < 4.78 is 13.0. The fourth-order valence-corrected chi connectivity index (χ4v) is 2.25. The Morgan fingerprint density at radius 1 is 1.04 bits per heavy atom. The van der Waals surface area contributed by atoms with Crippen LogP contribution in [0.2, 0.25) is 5.02 Å². The van der Waals surface area contributed by atoms with E-state index < -0.39 is 11.7 Å². The van der Waals surface area contributed by atoms with E-state index in [4.69, 9.17) is 11.6 Å². The van der Waals surface area contributed by atoms with Crippen LogP contribution in [0, 0.1) is 5.82 Å². The van der Waals surface area contributed by atoms with Gasteiger partial charge in [-0.2, -0.15) is 0 Å². The summed E-state index contributed by atoms with van der Waals surface area (Å²) in [6, 6.07) is 13.1. The van der Waals surface area contributed by atoms with Gasteiger partial charge in [0.1, 0.15) is 5.82 Å². The first-order valence-corrected chi connectivity index (χ1v) is 7.15. The lowest BCUT2D eigenvalue weighted by Gasteiger charge is -2.07. The highest BCUT2D eigenvalue weighted by Crippen LogP contribution is 2.19. The molecule has 0 saturated heterocycles. The Labute approximate surface area is 137 Å². The van der Waals surface area contributed by atoms with Gasteiger partial charge in [0.2, 0.25) is 0 Å². The van der Waals surface area contributed by atoms with E-state index in [1.54, 1.807) is 0 Å². The van der Waals surface area contributed by atoms with Crippen LogP contribution in [0.5, 0.6) is 0 Å². The molecule has 1 N–H and O–H groups in total. The van der Waals surface area contributed by atoms with Gasteiger partial charge in [-0.15, -0.1) is 0 Å². The number of halogens is 2. The molecule has 0 aliphatic rings. The predicted octanol–water partition coefficient (Wildman–Crippen LogP) is 4.19. The van der Waals surface area contributed by atoms with E-state index in [9.17, 15) is 9.18 Å². The molecule has 0 spiro atoms. The van der Waals surface area contributed by atoms with Crippen molar-refractivity contribution in [1.82, 2.24) is 9.97 Å². The van der Waals surface area contributed by atoms with E-state index in [1.807, 2.05) is 30.3 Å². The van der Waals surface area contributed by atoms with Gasteiger partial charge >= 0.3 is 0 Å². The number of anilines is 1. The standard InChI is InChI=1S/C17H11ClFN3O/c18-15-8-12(19)6-7-14(15)17(23)22-13-9-20-16(21-10-13)11-4-2-1-3-5-11/h1-10H,(H,22,23). The third-order valence-electron chi connectivity index (χ3n) is 3.12. The van der Waals surface area contributed by atoms with Gasteiger partial charge in [0, 0.05) is 5.56 Å². The van der Waals surface area contributed by atoms with E-state index in [-0.39, 0.29) is 10.6 Å². The highest BCUT2D eigenvalue weighted by Gasteiger charge is 2.12. The smallest absolute Gasteiger partial charge is 0.257 e. The summed E-state index contributed by atoms with van der Waals surface area (Å²) >= 11 is 5.86. The molecule has 1 aromatic heterocycles. The van der Waals surface area contributed by atoms with Crippen LogP contribution in [-0.2, 0) is 0 Å². The minimum Gasteiger partial charge on any atom is -0.319 e. The molecule has 0 radical (unpaired) electrons. The molecule has 6 heteroatoms. The molecule has 0 atom stereocenters. The molecule has 23 heavy (non-hydrogen) atoms. The molecule has 0 saturated carbocycles. The number of nitrogens with zero attached hydrogens (tertiary/aromatic N) is 2. The third kappa shape index (κ3) is 3.52. The molecular formula is C17H11ClFN3O. The number of rotatable bonds is 3. The van der Waals surface area contributed by atoms with E-state index in [0.29, 0.717) is 11.5 Å². The molecule has 3 rings (SSSR count). The second kappa shape index (κ2) is 6.54.